The van der Waals surface area contributed by atoms with Crippen LogP contribution < -0.4 is 4.74 Å². The van der Waals surface area contributed by atoms with E-state index in [1.54, 1.807) is 9.58 Å². The molecule has 3 rings (SSSR count). The van der Waals surface area contributed by atoms with Gasteiger partial charge in [-0.2, -0.15) is 0 Å². The van der Waals surface area contributed by atoms with Crippen LogP contribution in [0.2, 0.25) is 0 Å². The van der Waals surface area contributed by atoms with Crippen molar-refractivity contribution in [2.75, 3.05) is 20.2 Å². The summed E-state index contributed by atoms with van der Waals surface area (Å²) < 4.78 is 12.7. The van der Waals surface area contributed by atoms with Gasteiger partial charge in [-0.15, -0.1) is 5.10 Å². The molecule has 0 unspecified atom stereocenters. The first kappa shape index (κ1) is 16.4. The molecule has 1 saturated heterocycles. The Bertz CT molecular complexity index is 691. The molecule has 1 aliphatic rings. The predicted molar refractivity (Wildman–Crippen MR) is 88.0 cm³/mol. The second-order valence-electron chi connectivity index (χ2n) is 6.06. The highest BCUT2D eigenvalue weighted by atomic mass is 16.5. The summed E-state index contributed by atoms with van der Waals surface area (Å²) in [4.78, 5) is 14.6. The van der Waals surface area contributed by atoms with Crippen molar-refractivity contribution in [1.29, 1.82) is 0 Å². The minimum absolute atomic E-state index is 0.00283. The third kappa shape index (κ3) is 3.41. The molecule has 1 amide bonds. The lowest BCUT2D eigenvalue weighted by molar-refractivity contribution is -0.0588. The monoisotopic (exact) mass is 330 g/mol. The van der Waals surface area contributed by atoms with Gasteiger partial charge in [0.05, 0.1) is 25.9 Å². The van der Waals surface area contributed by atoms with Gasteiger partial charge in [0.1, 0.15) is 0 Å². The normalized spacial score (nSPS) is 20.9. The summed E-state index contributed by atoms with van der Waals surface area (Å²) in [7, 11) is 1.53. The van der Waals surface area contributed by atoms with Crippen LogP contribution in [0.4, 0.5) is 0 Å². The standard InChI is InChI=1S/C17H22N4O3/c1-12-9-20(10-13(2)24-12)16(22)15-17(23-3)21(19-18-15)11-14-7-5-4-6-8-14/h4-8,12-13H,9-11H2,1-3H3/t12-,13-/m1/s1. The molecule has 0 spiro atoms. The van der Waals surface area contributed by atoms with Crippen LogP contribution in [0.25, 0.3) is 0 Å². The molecule has 7 heteroatoms. The number of benzene rings is 1. The first-order valence-corrected chi connectivity index (χ1v) is 8.04. The summed E-state index contributed by atoms with van der Waals surface area (Å²) in [6.07, 6.45) is 0.00566. The molecule has 2 aromatic rings. The van der Waals surface area contributed by atoms with Crippen molar-refractivity contribution in [2.24, 2.45) is 0 Å². The number of hydrogen-bond acceptors (Lipinski definition) is 5. The number of carbonyl (C=O) groups is 1. The molecule has 1 aromatic carbocycles. The van der Waals surface area contributed by atoms with Gasteiger partial charge in [-0.25, -0.2) is 4.68 Å². The van der Waals surface area contributed by atoms with E-state index in [9.17, 15) is 4.79 Å². The van der Waals surface area contributed by atoms with Crippen molar-refractivity contribution in [1.82, 2.24) is 19.9 Å². The Labute approximate surface area is 141 Å². The Kier molecular flexibility index (Phi) is 4.80. The van der Waals surface area contributed by atoms with Crippen molar-refractivity contribution >= 4 is 5.91 Å². The molecule has 128 valence electrons. The Morgan fingerprint density at radius 1 is 1.25 bits per heavy atom. The van der Waals surface area contributed by atoms with E-state index < -0.39 is 0 Å². The summed E-state index contributed by atoms with van der Waals surface area (Å²) in [5.74, 6) is 0.212. The molecule has 0 aliphatic carbocycles. The summed E-state index contributed by atoms with van der Waals surface area (Å²) in [6.45, 7) is 5.49. The van der Waals surface area contributed by atoms with Gasteiger partial charge in [-0.05, 0) is 19.4 Å². The van der Waals surface area contributed by atoms with E-state index in [-0.39, 0.29) is 23.8 Å². The zero-order valence-electron chi connectivity index (χ0n) is 14.2. The maximum absolute atomic E-state index is 12.8. The minimum Gasteiger partial charge on any atom is -0.479 e. The van der Waals surface area contributed by atoms with Gasteiger partial charge in [0.25, 0.3) is 5.91 Å². The van der Waals surface area contributed by atoms with Crippen molar-refractivity contribution in [2.45, 2.75) is 32.6 Å². The van der Waals surface area contributed by atoms with E-state index in [4.69, 9.17) is 9.47 Å². The van der Waals surface area contributed by atoms with Crippen LogP contribution in [0, 0.1) is 0 Å². The highest BCUT2D eigenvalue weighted by Gasteiger charge is 2.31. The topological polar surface area (TPSA) is 69.5 Å². The summed E-state index contributed by atoms with van der Waals surface area (Å²) in [5, 5.41) is 8.16. The first-order chi connectivity index (χ1) is 11.6. The predicted octanol–water partition coefficient (Wildman–Crippen LogP) is 1.58. The van der Waals surface area contributed by atoms with Crippen molar-refractivity contribution in [3.8, 4) is 5.88 Å². The Morgan fingerprint density at radius 3 is 2.54 bits per heavy atom. The Morgan fingerprint density at radius 2 is 1.92 bits per heavy atom. The van der Waals surface area contributed by atoms with Crippen LogP contribution in [0.3, 0.4) is 0 Å². The van der Waals surface area contributed by atoms with Gasteiger partial charge >= 0.3 is 0 Å². The fourth-order valence-corrected chi connectivity index (χ4v) is 2.99. The Balaban J connectivity index is 1.82. The molecule has 2 heterocycles. The highest BCUT2D eigenvalue weighted by molar-refractivity contribution is 5.94. The van der Waals surface area contributed by atoms with Crippen LogP contribution in [0.5, 0.6) is 5.88 Å². The molecule has 0 N–H and O–H groups in total. The van der Waals surface area contributed by atoms with E-state index in [1.807, 2.05) is 44.2 Å². The zero-order chi connectivity index (χ0) is 17.1. The molecule has 2 atom stereocenters. The van der Waals surface area contributed by atoms with Gasteiger partial charge in [-0.1, -0.05) is 35.5 Å². The molecule has 0 radical (unpaired) electrons. The number of aromatic nitrogens is 3. The third-order valence-corrected chi connectivity index (χ3v) is 3.97. The average Bonchev–Trinajstić information content (AvgIpc) is 2.96. The minimum atomic E-state index is -0.173. The maximum atomic E-state index is 12.8. The van der Waals surface area contributed by atoms with Crippen molar-refractivity contribution < 1.29 is 14.3 Å². The van der Waals surface area contributed by atoms with Crippen LogP contribution in [0.1, 0.15) is 29.9 Å². The number of amides is 1. The van der Waals surface area contributed by atoms with Gasteiger partial charge in [0, 0.05) is 13.1 Å². The fourth-order valence-electron chi connectivity index (χ4n) is 2.99. The van der Waals surface area contributed by atoms with Crippen LogP contribution in [-0.2, 0) is 11.3 Å². The third-order valence-electron chi connectivity index (χ3n) is 3.97. The molecule has 0 bridgehead atoms. The lowest BCUT2D eigenvalue weighted by Crippen LogP contribution is -2.48. The number of nitrogens with zero attached hydrogens (tertiary/aromatic N) is 4. The summed E-state index contributed by atoms with van der Waals surface area (Å²) in [5.41, 5.74) is 1.31. The Hall–Kier alpha value is -2.41. The van der Waals surface area contributed by atoms with Gasteiger partial charge in [0.15, 0.2) is 0 Å². The lowest BCUT2D eigenvalue weighted by atomic mass is 10.2. The summed E-state index contributed by atoms with van der Waals surface area (Å²) >= 11 is 0. The second kappa shape index (κ2) is 7.00. The molecule has 0 saturated carbocycles. The van der Waals surface area contributed by atoms with Crippen molar-refractivity contribution in [3.05, 3.63) is 41.6 Å². The van der Waals surface area contributed by atoms with Gasteiger partial charge in [0.2, 0.25) is 11.6 Å². The van der Waals surface area contributed by atoms with E-state index in [0.29, 0.717) is 25.5 Å². The number of methoxy groups -OCH3 is 1. The molecule has 7 nitrogen and oxygen atoms in total. The first-order valence-electron chi connectivity index (χ1n) is 8.04. The molecule has 24 heavy (non-hydrogen) atoms. The molecule has 1 fully saturated rings. The quantitative estimate of drug-likeness (QED) is 0.851. The molecule has 1 aliphatic heterocycles. The van der Waals surface area contributed by atoms with Crippen molar-refractivity contribution in [3.63, 3.8) is 0 Å². The maximum Gasteiger partial charge on any atom is 0.280 e. The molecular weight excluding hydrogens is 308 g/mol. The largest absolute Gasteiger partial charge is 0.479 e. The highest BCUT2D eigenvalue weighted by Crippen LogP contribution is 2.21. The van der Waals surface area contributed by atoms with Crippen LogP contribution in [0.15, 0.2) is 30.3 Å². The van der Waals surface area contributed by atoms with Gasteiger partial charge < -0.3 is 14.4 Å². The number of carbonyl (C=O) groups excluding carboxylic acids is 1. The average molecular weight is 330 g/mol. The number of rotatable bonds is 4. The van der Waals surface area contributed by atoms with Crippen LogP contribution in [-0.4, -0.2) is 58.2 Å². The number of hydrogen-bond donors (Lipinski definition) is 0. The lowest BCUT2D eigenvalue weighted by Gasteiger charge is -2.34. The molecule has 1 aromatic heterocycles. The smallest absolute Gasteiger partial charge is 0.280 e. The van der Waals surface area contributed by atoms with E-state index in [1.165, 1.54) is 7.11 Å². The number of ether oxygens (including phenoxy) is 2. The van der Waals surface area contributed by atoms with E-state index >= 15 is 0 Å². The SMILES string of the molecule is COc1c(C(=O)N2C[C@@H](C)O[C@H](C)C2)nnn1Cc1ccccc1. The van der Waals surface area contributed by atoms with Gasteiger partial charge in [-0.3, -0.25) is 4.79 Å². The second-order valence-corrected chi connectivity index (χ2v) is 6.06. The zero-order valence-corrected chi connectivity index (χ0v) is 14.2. The summed E-state index contributed by atoms with van der Waals surface area (Å²) in [6, 6.07) is 9.86. The molecular formula is C17H22N4O3. The fraction of sp³-hybridized carbons (Fsp3) is 0.471. The van der Waals surface area contributed by atoms with E-state index in [0.717, 1.165) is 5.56 Å². The number of morpholine rings is 1. The van der Waals surface area contributed by atoms with E-state index in [2.05, 4.69) is 10.3 Å². The van der Waals surface area contributed by atoms with Crippen LogP contribution >= 0.6 is 0 Å².